The van der Waals surface area contributed by atoms with Gasteiger partial charge in [-0.25, -0.2) is 13.1 Å². The molecule has 108 valence electrons. The molecule has 0 amide bonds. The van der Waals surface area contributed by atoms with Gasteiger partial charge in [-0.3, -0.25) is 0 Å². The largest absolute Gasteiger partial charge is 0.241 e. The summed E-state index contributed by atoms with van der Waals surface area (Å²) in [5.74, 6) is 0. The van der Waals surface area contributed by atoms with Gasteiger partial charge in [0.05, 0.1) is 10.5 Å². The first-order valence-corrected chi connectivity index (χ1v) is 8.14. The molecular formula is C16H16N2O2S. The van der Waals surface area contributed by atoms with Crippen molar-refractivity contribution in [3.05, 3.63) is 65.7 Å². The average molecular weight is 300 g/mol. The van der Waals surface area contributed by atoms with Gasteiger partial charge >= 0.3 is 0 Å². The van der Waals surface area contributed by atoms with Gasteiger partial charge in [-0.15, -0.1) is 0 Å². The zero-order valence-corrected chi connectivity index (χ0v) is 12.3. The Morgan fingerprint density at radius 1 is 1.00 bits per heavy atom. The summed E-state index contributed by atoms with van der Waals surface area (Å²) < 4.78 is 26.9. The van der Waals surface area contributed by atoms with Crippen molar-refractivity contribution in [2.75, 3.05) is 6.54 Å². The highest BCUT2D eigenvalue weighted by molar-refractivity contribution is 7.89. The smallest absolute Gasteiger partial charge is 0.211 e. The molecule has 0 aliphatic heterocycles. The van der Waals surface area contributed by atoms with Crippen LogP contribution in [0.2, 0.25) is 0 Å². The van der Waals surface area contributed by atoms with E-state index in [0.29, 0.717) is 13.0 Å². The summed E-state index contributed by atoms with van der Waals surface area (Å²) in [6.07, 6.45) is 1.52. The van der Waals surface area contributed by atoms with Gasteiger partial charge in [-0.05, 0) is 30.5 Å². The van der Waals surface area contributed by atoms with E-state index < -0.39 is 10.0 Å². The number of benzene rings is 2. The number of aryl methyl sites for hydroxylation is 1. The topological polar surface area (TPSA) is 70.0 Å². The molecule has 0 atom stereocenters. The lowest BCUT2D eigenvalue weighted by Crippen LogP contribution is -2.25. The third-order valence-electron chi connectivity index (χ3n) is 3.07. The van der Waals surface area contributed by atoms with Gasteiger partial charge < -0.3 is 0 Å². The Kier molecular flexibility index (Phi) is 5.09. The molecule has 0 bridgehead atoms. The quantitative estimate of drug-likeness (QED) is 0.833. The Balaban J connectivity index is 1.95. The molecule has 2 aromatic carbocycles. The fourth-order valence-electron chi connectivity index (χ4n) is 2.01. The highest BCUT2D eigenvalue weighted by Gasteiger charge is 2.17. The summed E-state index contributed by atoms with van der Waals surface area (Å²) in [7, 11) is -3.63. The average Bonchev–Trinajstić information content (AvgIpc) is 2.52. The van der Waals surface area contributed by atoms with Crippen LogP contribution in [0.1, 0.15) is 17.5 Å². The molecule has 0 aliphatic rings. The van der Waals surface area contributed by atoms with Crippen molar-refractivity contribution in [3.63, 3.8) is 0 Å². The zero-order valence-electron chi connectivity index (χ0n) is 11.5. The predicted molar refractivity (Wildman–Crippen MR) is 81.1 cm³/mol. The van der Waals surface area contributed by atoms with Crippen LogP contribution in [0, 0.1) is 11.3 Å². The third-order valence-corrected chi connectivity index (χ3v) is 4.59. The number of nitrogens with one attached hydrogen (secondary N) is 1. The molecular weight excluding hydrogens is 284 g/mol. The maximum Gasteiger partial charge on any atom is 0.241 e. The Bertz CT molecular complexity index is 734. The maximum absolute atomic E-state index is 12.2. The molecule has 0 saturated heterocycles. The van der Waals surface area contributed by atoms with Crippen molar-refractivity contribution in [2.45, 2.75) is 17.7 Å². The maximum atomic E-state index is 12.2. The van der Waals surface area contributed by atoms with Crippen molar-refractivity contribution in [3.8, 4) is 6.07 Å². The van der Waals surface area contributed by atoms with Crippen LogP contribution in [0.5, 0.6) is 0 Å². The van der Waals surface area contributed by atoms with Gasteiger partial charge in [0.2, 0.25) is 10.0 Å². The van der Waals surface area contributed by atoms with Gasteiger partial charge in [0.25, 0.3) is 0 Å². The Labute approximate surface area is 125 Å². The molecule has 0 aromatic heterocycles. The number of sulfonamides is 1. The monoisotopic (exact) mass is 300 g/mol. The first kappa shape index (κ1) is 15.2. The lowest BCUT2D eigenvalue weighted by Gasteiger charge is -2.08. The SMILES string of the molecule is N#Cc1ccccc1S(=O)(=O)NCCCc1ccccc1. The normalized spacial score (nSPS) is 11.0. The standard InChI is InChI=1S/C16H16N2O2S/c17-13-15-10-4-5-11-16(15)21(19,20)18-12-6-9-14-7-2-1-3-8-14/h1-5,7-8,10-11,18H,6,9,12H2. The van der Waals surface area contributed by atoms with Gasteiger partial charge in [-0.2, -0.15) is 5.26 Å². The molecule has 0 saturated carbocycles. The molecule has 0 radical (unpaired) electrons. The molecule has 4 nitrogen and oxygen atoms in total. The van der Waals surface area contributed by atoms with Gasteiger partial charge in [0, 0.05) is 6.54 Å². The zero-order chi connectivity index (χ0) is 15.1. The summed E-state index contributed by atoms with van der Waals surface area (Å²) in [6, 6.07) is 18.0. The van der Waals surface area contributed by atoms with Gasteiger partial charge in [-0.1, -0.05) is 42.5 Å². The van der Waals surface area contributed by atoms with Crippen LogP contribution in [0.25, 0.3) is 0 Å². The minimum atomic E-state index is -3.63. The van der Waals surface area contributed by atoms with E-state index in [-0.39, 0.29) is 10.5 Å². The summed E-state index contributed by atoms with van der Waals surface area (Å²) in [5, 5.41) is 8.96. The number of nitriles is 1. The van der Waals surface area contributed by atoms with Crippen LogP contribution < -0.4 is 4.72 Å². The molecule has 1 N–H and O–H groups in total. The van der Waals surface area contributed by atoms with Gasteiger partial charge in [0.1, 0.15) is 6.07 Å². The second-order valence-electron chi connectivity index (χ2n) is 4.59. The van der Waals surface area contributed by atoms with Crippen molar-refractivity contribution in [1.29, 1.82) is 5.26 Å². The number of rotatable bonds is 6. The van der Waals surface area contributed by atoms with E-state index in [1.54, 1.807) is 12.1 Å². The summed E-state index contributed by atoms with van der Waals surface area (Å²) in [6.45, 7) is 0.344. The molecule has 21 heavy (non-hydrogen) atoms. The number of hydrogen-bond donors (Lipinski definition) is 1. The van der Waals surface area contributed by atoms with E-state index in [9.17, 15) is 8.42 Å². The molecule has 5 heteroatoms. The summed E-state index contributed by atoms with van der Waals surface area (Å²) in [4.78, 5) is 0.0345. The lowest BCUT2D eigenvalue weighted by molar-refractivity contribution is 0.578. The van der Waals surface area contributed by atoms with E-state index in [2.05, 4.69) is 4.72 Å². The van der Waals surface area contributed by atoms with Crippen molar-refractivity contribution < 1.29 is 8.42 Å². The van der Waals surface area contributed by atoms with Crippen LogP contribution in [-0.4, -0.2) is 15.0 Å². The molecule has 0 fully saturated rings. The van der Waals surface area contributed by atoms with E-state index in [1.165, 1.54) is 17.7 Å². The Morgan fingerprint density at radius 2 is 1.67 bits per heavy atom. The van der Waals surface area contributed by atoms with E-state index in [4.69, 9.17) is 5.26 Å². The fraction of sp³-hybridized carbons (Fsp3) is 0.188. The van der Waals surface area contributed by atoms with Crippen LogP contribution >= 0.6 is 0 Å². The molecule has 0 aliphatic carbocycles. The first-order valence-electron chi connectivity index (χ1n) is 6.66. The minimum absolute atomic E-state index is 0.0345. The minimum Gasteiger partial charge on any atom is -0.211 e. The number of hydrogen-bond acceptors (Lipinski definition) is 3. The van der Waals surface area contributed by atoms with Crippen molar-refractivity contribution in [1.82, 2.24) is 4.72 Å². The third kappa shape index (κ3) is 4.15. The molecule has 0 spiro atoms. The van der Waals surface area contributed by atoms with Crippen LogP contribution in [0.3, 0.4) is 0 Å². The molecule has 2 aromatic rings. The second kappa shape index (κ2) is 7.02. The molecule has 0 unspecified atom stereocenters. The van der Waals surface area contributed by atoms with Crippen molar-refractivity contribution >= 4 is 10.0 Å². The van der Waals surface area contributed by atoms with E-state index in [0.717, 1.165) is 6.42 Å². The lowest BCUT2D eigenvalue weighted by atomic mass is 10.1. The molecule has 2 rings (SSSR count). The molecule has 0 heterocycles. The van der Waals surface area contributed by atoms with E-state index in [1.807, 2.05) is 36.4 Å². The van der Waals surface area contributed by atoms with Crippen LogP contribution in [-0.2, 0) is 16.4 Å². The second-order valence-corrected chi connectivity index (χ2v) is 6.33. The summed E-state index contributed by atoms with van der Waals surface area (Å²) >= 11 is 0. The van der Waals surface area contributed by atoms with Gasteiger partial charge in [0.15, 0.2) is 0 Å². The Morgan fingerprint density at radius 3 is 2.38 bits per heavy atom. The van der Waals surface area contributed by atoms with Crippen LogP contribution in [0.4, 0.5) is 0 Å². The summed E-state index contributed by atoms with van der Waals surface area (Å²) in [5.41, 5.74) is 1.34. The van der Waals surface area contributed by atoms with Crippen LogP contribution in [0.15, 0.2) is 59.5 Å². The highest BCUT2D eigenvalue weighted by atomic mass is 32.2. The number of nitrogens with zero attached hydrogens (tertiary/aromatic N) is 1. The van der Waals surface area contributed by atoms with Crippen molar-refractivity contribution in [2.24, 2.45) is 0 Å². The predicted octanol–water partition coefficient (Wildman–Crippen LogP) is 2.47. The van der Waals surface area contributed by atoms with E-state index >= 15 is 0 Å². The first-order chi connectivity index (χ1) is 10.1. The highest BCUT2D eigenvalue weighted by Crippen LogP contribution is 2.14. The Hall–Kier alpha value is -2.16. The fourth-order valence-corrected chi connectivity index (χ4v) is 3.24.